The zero-order chi connectivity index (χ0) is 13.0. The molecule has 1 aromatic rings. The predicted molar refractivity (Wildman–Crippen MR) is 70.2 cm³/mol. The number of halogens is 1. The van der Waals surface area contributed by atoms with E-state index >= 15 is 0 Å². The Hall–Kier alpha value is -0.680. The van der Waals surface area contributed by atoms with Gasteiger partial charge in [-0.05, 0) is 28.3 Å². The first-order chi connectivity index (χ1) is 8.02. The highest BCUT2D eigenvalue weighted by Gasteiger charge is 2.27. The smallest absolute Gasteiger partial charge is 0.210 e. The van der Waals surface area contributed by atoms with E-state index < -0.39 is 6.10 Å². The van der Waals surface area contributed by atoms with Crippen LogP contribution in [0.15, 0.2) is 10.7 Å². The SMILES string of the molecule is CCCn1ncc(Br)c1C(=O)C(OC)C(C)C. The van der Waals surface area contributed by atoms with Crippen LogP contribution in [0, 0.1) is 5.92 Å². The number of ketones is 1. The van der Waals surface area contributed by atoms with Crippen LogP contribution in [0.4, 0.5) is 0 Å². The number of hydrogen-bond acceptors (Lipinski definition) is 3. The lowest BCUT2D eigenvalue weighted by molar-refractivity contribution is 0.0447. The summed E-state index contributed by atoms with van der Waals surface area (Å²) in [7, 11) is 1.57. The lowest BCUT2D eigenvalue weighted by Gasteiger charge is -2.18. The van der Waals surface area contributed by atoms with E-state index in [0.29, 0.717) is 5.69 Å². The Morgan fingerprint density at radius 2 is 2.24 bits per heavy atom. The van der Waals surface area contributed by atoms with E-state index in [4.69, 9.17) is 4.74 Å². The van der Waals surface area contributed by atoms with Gasteiger partial charge in [-0.2, -0.15) is 5.10 Å². The topological polar surface area (TPSA) is 44.1 Å². The predicted octanol–water partition coefficient (Wildman–Crippen LogP) is 2.91. The molecule has 1 rings (SSSR count). The number of Topliss-reactive ketones (excluding diaryl/α,β-unsaturated/α-hetero) is 1. The van der Waals surface area contributed by atoms with Gasteiger partial charge in [-0.25, -0.2) is 0 Å². The lowest BCUT2D eigenvalue weighted by atomic mass is 10.0. The van der Waals surface area contributed by atoms with Crippen molar-refractivity contribution in [2.75, 3.05) is 7.11 Å². The second-order valence-corrected chi connectivity index (χ2v) is 5.18. The van der Waals surface area contributed by atoms with Gasteiger partial charge in [-0.3, -0.25) is 9.48 Å². The number of aromatic nitrogens is 2. The molecule has 96 valence electrons. The Morgan fingerprint density at radius 1 is 1.59 bits per heavy atom. The molecule has 1 heterocycles. The summed E-state index contributed by atoms with van der Waals surface area (Å²) in [6.45, 7) is 6.74. The zero-order valence-corrected chi connectivity index (χ0v) is 12.3. The van der Waals surface area contributed by atoms with Gasteiger partial charge in [0.15, 0.2) is 0 Å². The summed E-state index contributed by atoms with van der Waals surface area (Å²) >= 11 is 3.37. The van der Waals surface area contributed by atoms with E-state index in [-0.39, 0.29) is 11.7 Å². The molecule has 0 amide bonds. The fraction of sp³-hybridized carbons (Fsp3) is 0.667. The Bertz CT molecular complexity index is 388. The molecule has 0 bridgehead atoms. The van der Waals surface area contributed by atoms with E-state index in [1.165, 1.54) is 0 Å². The van der Waals surface area contributed by atoms with Gasteiger partial charge in [0, 0.05) is 13.7 Å². The average molecular weight is 303 g/mol. The summed E-state index contributed by atoms with van der Waals surface area (Å²) in [5.74, 6) is 0.129. The molecule has 0 aromatic carbocycles. The second kappa shape index (κ2) is 6.31. The molecule has 4 nitrogen and oxygen atoms in total. The largest absolute Gasteiger partial charge is 0.373 e. The number of carbonyl (C=O) groups excluding carboxylic acids is 1. The quantitative estimate of drug-likeness (QED) is 0.759. The van der Waals surface area contributed by atoms with Gasteiger partial charge in [0.05, 0.1) is 10.7 Å². The monoisotopic (exact) mass is 302 g/mol. The fourth-order valence-electron chi connectivity index (χ4n) is 1.81. The molecule has 5 heteroatoms. The molecule has 0 fully saturated rings. The molecule has 17 heavy (non-hydrogen) atoms. The van der Waals surface area contributed by atoms with Crippen LogP contribution in [-0.2, 0) is 11.3 Å². The van der Waals surface area contributed by atoms with Crippen molar-refractivity contribution < 1.29 is 9.53 Å². The number of methoxy groups -OCH3 is 1. The van der Waals surface area contributed by atoms with Crippen molar-refractivity contribution in [1.29, 1.82) is 0 Å². The molecule has 1 atom stereocenters. The van der Waals surface area contributed by atoms with Crippen LogP contribution in [0.1, 0.15) is 37.7 Å². The Kier molecular flexibility index (Phi) is 5.33. The maximum atomic E-state index is 12.4. The van der Waals surface area contributed by atoms with Gasteiger partial charge in [-0.1, -0.05) is 20.8 Å². The molecule has 1 unspecified atom stereocenters. The standard InChI is InChI=1S/C12H19BrN2O2/c1-5-6-15-10(9(13)7-14-15)11(16)12(17-4)8(2)3/h7-8,12H,5-6H2,1-4H3. The highest BCUT2D eigenvalue weighted by Crippen LogP contribution is 2.21. The molecule has 0 aliphatic carbocycles. The van der Waals surface area contributed by atoms with Crippen molar-refractivity contribution in [3.05, 3.63) is 16.4 Å². The molecule has 0 spiro atoms. The van der Waals surface area contributed by atoms with E-state index in [0.717, 1.165) is 17.4 Å². The molecule has 0 saturated carbocycles. The third-order valence-electron chi connectivity index (χ3n) is 2.58. The normalized spacial score (nSPS) is 13.1. The Balaban J connectivity index is 3.05. The van der Waals surface area contributed by atoms with Crippen LogP contribution in [0.2, 0.25) is 0 Å². The second-order valence-electron chi connectivity index (χ2n) is 4.33. The molecule has 0 aliphatic rings. The summed E-state index contributed by atoms with van der Waals surface area (Å²) < 4.78 is 7.75. The van der Waals surface area contributed by atoms with E-state index in [1.807, 2.05) is 13.8 Å². The summed E-state index contributed by atoms with van der Waals surface area (Å²) in [5, 5.41) is 4.20. The van der Waals surface area contributed by atoms with Gasteiger partial charge in [0.1, 0.15) is 11.8 Å². The van der Waals surface area contributed by atoms with Gasteiger partial charge in [0.25, 0.3) is 0 Å². The maximum absolute atomic E-state index is 12.4. The molecule has 1 aromatic heterocycles. The minimum Gasteiger partial charge on any atom is -0.373 e. The van der Waals surface area contributed by atoms with Crippen LogP contribution in [0.25, 0.3) is 0 Å². The molecule has 0 saturated heterocycles. The number of aryl methyl sites for hydroxylation is 1. The maximum Gasteiger partial charge on any atom is 0.210 e. The van der Waals surface area contributed by atoms with E-state index in [9.17, 15) is 4.79 Å². The Labute approximate surface area is 110 Å². The minimum absolute atomic E-state index is 0.0136. The van der Waals surface area contributed by atoms with Crippen LogP contribution in [0.3, 0.4) is 0 Å². The van der Waals surface area contributed by atoms with Gasteiger partial charge < -0.3 is 4.74 Å². The van der Waals surface area contributed by atoms with Crippen molar-refractivity contribution in [1.82, 2.24) is 9.78 Å². The average Bonchev–Trinajstić information content (AvgIpc) is 2.60. The summed E-state index contributed by atoms with van der Waals surface area (Å²) in [5.41, 5.74) is 0.604. The van der Waals surface area contributed by atoms with Crippen molar-refractivity contribution in [3.8, 4) is 0 Å². The number of nitrogens with zero attached hydrogens (tertiary/aromatic N) is 2. The number of carbonyl (C=O) groups is 1. The Morgan fingerprint density at radius 3 is 2.71 bits per heavy atom. The number of rotatable bonds is 6. The molecule has 0 N–H and O–H groups in total. The van der Waals surface area contributed by atoms with Crippen LogP contribution in [0.5, 0.6) is 0 Å². The van der Waals surface area contributed by atoms with Crippen molar-refractivity contribution >= 4 is 21.7 Å². The summed E-state index contributed by atoms with van der Waals surface area (Å²) in [6, 6.07) is 0. The van der Waals surface area contributed by atoms with Gasteiger partial charge >= 0.3 is 0 Å². The van der Waals surface area contributed by atoms with Crippen molar-refractivity contribution in [3.63, 3.8) is 0 Å². The first-order valence-corrected chi connectivity index (χ1v) is 6.60. The molecular weight excluding hydrogens is 284 g/mol. The highest BCUT2D eigenvalue weighted by atomic mass is 79.9. The zero-order valence-electron chi connectivity index (χ0n) is 10.7. The number of ether oxygens (including phenoxy) is 1. The van der Waals surface area contributed by atoms with Gasteiger partial charge in [-0.15, -0.1) is 0 Å². The summed E-state index contributed by atoms with van der Waals surface area (Å²) in [4.78, 5) is 12.4. The van der Waals surface area contributed by atoms with Crippen molar-refractivity contribution in [2.45, 2.75) is 39.8 Å². The summed E-state index contributed by atoms with van der Waals surface area (Å²) in [6.07, 6.45) is 2.18. The fourth-order valence-corrected chi connectivity index (χ4v) is 2.30. The molecular formula is C12H19BrN2O2. The van der Waals surface area contributed by atoms with Crippen molar-refractivity contribution in [2.24, 2.45) is 5.92 Å². The number of hydrogen-bond donors (Lipinski definition) is 0. The van der Waals surface area contributed by atoms with E-state index in [2.05, 4.69) is 28.0 Å². The third-order valence-corrected chi connectivity index (χ3v) is 3.16. The van der Waals surface area contributed by atoms with Crippen LogP contribution in [-0.4, -0.2) is 28.8 Å². The minimum atomic E-state index is -0.418. The third kappa shape index (κ3) is 3.16. The lowest BCUT2D eigenvalue weighted by Crippen LogP contribution is -2.30. The first kappa shape index (κ1) is 14.4. The first-order valence-electron chi connectivity index (χ1n) is 5.81. The van der Waals surface area contributed by atoms with E-state index in [1.54, 1.807) is 18.0 Å². The van der Waals surface area contributed by atoms with Crippen LogP contribution >= 0.6 is 15.9 Å². The van der Waals surface area contributed by atoms with Gasteiger partial charge in [0.2, 0.25) is 5.78 Å². The van der Waals surface area contributed by atoms with Crippen LogP contribution < -0.4 is 0 Å². The molecule has 0 aliphatic heterocycles. The highest BCUT2D eigenvalue weighted by molar-refractivity contribution is 9.10. The molecule has 0 radical (unpaired) electrons.